The fraction of sp³-hybridized carbons (Fsp3) is 0.562. The van der Waals surface area contributed by atoms with Crippen LogP contribution in [-0.2, 0) is 0 Å². The highest BCUT2D eigenvalue weighted by Crippen LogP contribution is 2.36. The quantitative estimate of drug-likeness (QED) is 0.813. The van der Waals surface area contributed by atoms with Crippen LogP contribution in [0.15, 0.2) is 12.1 Å². The molecule has 1 rings (SSSR count). The van der Waals surface area contributed by atoms with E-state index in [2.05, 4.69) is 43.9 Å². The van der Waals surface area contributed by atoms with E-state index in [1.807, 2.05) is 14.1 Å². The average Bonchev–Trinajstić information content (AvgIpc) is 2.38. The largest absolute Gasteiger partial charge is 0.496 e. The van der Waals surface area contributed by atoms with Gasteiger partial charge in [0, 0.05) is 5.56 Å². The summed E-state index contributed by atoms with van der Waals surface area (Å²) >= 11 is 0. The van der Waals surface area contributed by atoms with Crippen molar-refractivity contribution in [2.75, 3.05) is 21.2 Å². The number of rotatable bonds is 5. The maximum Gasteiger partial charge on any atom is 0.123 e. The molecule has 0 aromatic heterocycles. The van der Waals surface area contributed by atoms with E-state index in [9.17, 15) is 5.26 Å². The summed E-state index contributed by atoms with van der Waals surface area (Å²) in [6, 6.07) is 6.69. The van der Waals surface area contributed by atoms with Gasteiger partial charge in [0.2, 0.25) is 0 Å². The van der Waals surface area contributed by atoms with E-state index in [0.717, 1.165) is 17.7 Å². The van der Waals surface area contributed by atoms with Gasteiger partial charge in [0.1, 0.15) is 5.75 Å². The van der Waals surface area contributed by atoms with Crippen molar-refractivity contribution >= 4 is 0 Å². The third-order valence-electron chi connectivity index (χ3n) is 3.71. The monoisotopic (exact) mass is 260 g/mol. The molecule has 0 bridgehead atoms. The van der Waals surface area contributed by atoms with Crippen molar-refractivity contribution in [3.05, 3.63) is 28.8 Å². The Morgan fingerprint density at radius 3 is 2.26 bits per heavy atom. The van der Waals surface area contributed by atoms with Crippen LogP contribution in [0.1, 0.15) is 36.1 Å². The lowest BCUT2D eigenvalue weighted by atomic mass is 9.89. The summed E-state index contributed by atoms with van der Waals surface area (Å²) < 4.78 is 5.52. The minimum atomic E-state index is -0.0361. The van der Waals surface area contributed by atoms with Crippen LogP contribution < -0.4 is 4.74 Å². The predicted octanol–water partition coefficient (Wildman–Crippen LogP) is 3.46. The van der Waals surface area contributed by atoms with Crippen molar-refractivity contribution < 1.29 is 4.74 Å². The number of benzene rings is 1. The van der Waals surface area contributed by atoms with Crippen molar-refractivity contribution in [1.82, 2.24) is 4.90 Å². The van der Waals surface area contributed by atoms with E-state index in [1.165, 1.54) is 11.1 Å². The molecule has 0 spiro atoms. The maximum absolute atomic E-state index is 9.38. The molecule has 2 atom stereocenters. The zero-order valence-corrected chi connectivity index (χ0v) is 12.8. The standard InChI is InChI=1S/C16H24N2O/c1-7-13(10-17)16(18(4)5)14-8-11(2)12(3)9-15(14)19-6/h8-9,13,16H,7H2,1-6H3. The van der Waals surface area contributed by atoms with Gasteiger partial charge in [-0.2, -0.15) is 5.26 Å². The molecule has 0 aliphatic rings. The molecule has 0 N–H and O–H groups in total. The highest BCUT2D eigenvalue weighted by molar-refractivity contribution is 5.44. The van der Waals surface area contributed by atoms with Crippen molar-refractivity contribution in [3.63, 3.8) is 0 Å². The molecule has 1 aromatic carbocycles. The van der Waals surface area contributed by atoms with Gasteiger partial charge in [0.05, 0.1) is 25.1 Å². The zero-order chi connectivity index (χ0) is 14.6. The summed E-state index contributed by atoms with van der Waals surface area (Å²) in [4.78, 5) is 2.10. The number of nitrogens with zero attached hydrogens (tertiary/aromatic N) is 2. The highest BCUT2D eigenvalue weighted by atomic mass is 16.5. The first kappa shape index (κ1) is 15.5. The van der Waals surface area contributed by atoms with E-state index >= 15 is 0 Å². The van der Waals surface area contributed by atoms with Gasteiger partial charge in [-0.05, 0) is 51.6 Å². The van der Waals surface area contributed by atoms with Crippen LogP contribution in [0.3, 0.4) is 0 Å². The molecule has 3 heteroatoms. The Morgan fingerprint density at radius 1 is 1.26 bits per heavy atom. The first-order valence-electron chi connectivity index (χ1n) is 6.67. The van der Waals surface area contributed by atoms with Crippen molar-refractivity contribution in [2.45, 2.75) is 33.2 Å². The van der Waals surface area contributed by atoms with Crippen LogP contribution in [0.2, 0.25) is 0 Å². The normalized spacial score (nSPS) is 14.0. The number of nitriles is 1. The molecule has 0 amide bonds. The molecule has 2 unspecified atom stereocenters. The molecule has 3 nitrogen and oxygen atoms in total. The molecular formula is C16H24N2O. The summed E-state index contributed by atoms with van der Waals surface area (Å²) in [6.07, 6.45) is 0.829. The molecule has 0 heterocycles. The second kappa shape index (κ2) is 6.58. The number of hydrogen-bond acceptors (Lipinski definition) is 3. The van der Waals surface area contributed by atoms with Crippen molar-refractivity contribution in [1.29, 1.82) is 5.26 Å². The molecule has 1 aromatic rings. The van der Waals surface area contributed by atoms with Gasteiger partial charge < -0.3 is 9.64 Å². The Balaban J connectivity index is 3.38. The second-order valence-electron chi connectivity index (χ2n) is 5.23. The Kier molecular flexibility index (Phi) is 5.38. The van der Waals surface area contributed by atoms with E-state index in [4.69, 9.17) is 4.74 Å². The first-order valence-corrected chi connectivity index (χ1v) is 6.67. The molecule has 0 saturated carbocycles. The van der Waals surface area contributed by atoms with Crippen LogP contribution in [0.25, 0.3) is 0 Å². The van der Waals surface area contributed by atoms with Gasteiger partial charge in [-0.25, -0.2) is 0 Å². The number of methoxy groups -OCH3 is 1. The van der Waals surface area contributed by atoms with Gasteiger partial charge in [0.15, 0.2) is 0 Å². The Hall–Kier alpha value is -1.53. The molecular weight excluding hydrogens is 236 g/mol. The summed E-state index contributed by atoms with van der Waals surface area (Å²) in [5.41, 5.74) is 3.54. The lowest BCUT2D eigenvalue weighted by Crippen LogP contribution is -2.27. The van der Waals surface area contributed by atoms with E-state index in [-0.39, 0.29) is 12.0 Å². The van der Waals surface area contributed by atoms with Gasteiger partial charge in [-0.3, -0.25) is 0 Å². The SMILES string of the molecule is CCC(C#N)C(c1cc(C)c(C)cc1OC)N(C)C. The third-order valence-corrected chi connectivity index (χ3v) is 3.71. The van der Waals surface area contributed by atoms with Gasteiger partial charge >= 0.3 is 0 Å². The summed E-state index contributed by atoms with van der Waals surface area (Å²) in [5.74, 6) is 0.835. The molecule has 0 saturated heterocycles. The number of aryl methyl sites for hydroxylation is 2. The van der Waals surface area contributed by atoms with Crippen LogP contribution >= 0.6 is 0 Å². The molecule has 0 aliphatic carbocycles. The summed E-state index contributed by atoms with van der Waals surface area (Å²) in [6.45, 7) is 6.23. The predicted molar refractivity (Wildman–Crippen MR) is 78.3 cm³/mol. The minimum Gasteiger partial charge on any atom is -0.496 e. The smallest absolute Gasteiger partial charge is 0.123 e. The third kappa shape index (κ3) is 3.27. The van der Waals surface area contributed by atoms with Gasteiger partial charge in [-0.1, -0.05) is 13.0 Å². The average molecular weight is 260 g/mol. The first-order chi connectivity index (χ1) is 8.96. The van der Waals surface area contributed by atoms with E-state index in [1.54, 1.807) is 7.11 Å². The Morgan fingerprint density at radius 2 is 1.84 bits per heavy atom. The second-order valence-corrected chi connectivity index (χ2v) is 5.23. The van der Waals surface area contributed by atoms with E-state index < -0.39 is 0 Å². The zero-order valence-electron chi connectivity index (χ0n) is 12.8. The lowest BCUT2D eigenvalue weighted by Gasteiger charge is -2.30. The van der Waals surface area contributed by atoms with Crippen LogP contribution in [0.4, 0.5) is 0 Å². The van der Waals surface area contributed by atoms with Crippen LogP contribution in [0.5, 0.6) is 5.75 Å². The Labute approximate surface area is 116 Å². The molecule has 0 aliphatic heterocycles. The Bertz CT molecular complexity index is 474. The molecule has 0 fully saturated rings. The summed E-state index contributed by atoms with van der Waals surface area (Å²) in [7, 11) is 5.71. The highest BCUT2D eigenvalue weighted by Gasteiger charge is 2.27. The minimum absolute atomic E-state index is 0.0361. The fourth-order valence-electron chi connectivity index (χ4n) is 2.46. The van der Waals surface area contributed by atoms with Gasteiger partial charge in [-0.15, -0.1) is 0 Å². The molecule has 19 heavy (non-hydrogen) atoms. The van der Waals surface area contributed by atoms with Crippen molar-refractivity contribution in [3.8, 4) is 11.8 Å². The number of hydrogen-bond donors (Lipinski definition) is 0. The molecule has 0 radical (unpaired) electrons. The maximum atomic E-state index is 9.38. The number of ether oxygens (including phenoxy) is 1. The van der Waals surface area contributed by atoms with E-state index in [0.29, 0.717) is 0 Å². The topological polar surface area (TPSA) is 36.3 Å². The van der Waals surface area contributed by atoms with Gasteiger partial charge in [0.25, 0.3) is 0 Å². The van der Waals surface area contributed by atoms with Crippen molar-refractivity contribution in [2.24, 2.45) is 5.92 Å². The summed E-state index contributed by atoms with van der Waals surface area (Å²) in [5, 5.41) is 9.38. The fourth-order valence-corrected chi connectivity index (χ4v) is 2.46. The lowest BCUT2D eigenvalue weighted by molar-refractivity contribution is 0.234. The molecule has 104 valence electrons. The van der Waals surface area contributed by atoms with Crippen LogP contribution in [-0.4, -0.2) is 26.1 Å². The van der Waals surface area contributed by atoms with Crippen LogP contribution in [0, 0.1) is 31.1 Å².